The maximum absolute atomic E-state index is 5.62. The van der Waals surface area contributed by atoms with Crippen molar-refractivity contribution in [1.82, 2.24) is 0 Å². The first-order valence-corrected chi connectivity index (χ1v) is 8.44. The van der Waals surface area contributed by atoms with E-state index in [0.29, 0.717) is 18.3 Å². The molecule has 5 heteroatoms. The molecule has 0 amide bonds. The van der Waals surface area contributed by atoms with E-state index in [-0.39, 0.29) is 0 Å². The smallest absolute Gasteiger partial charge is 0.180 e. The summed E-state index contributed by atoms with van der Waals surface area (Å²) in [7, 11) is 3.92. The second-order valence-corrected chi connectivity index (χ2v) is 5.62. The summed E-state index contributed by atoms with van der Waals surface area (Å²) in [6, 6.07) is 15.8. The fourth-order valence-electron chi connectivity index (χ4n) is 2.31. The Balaban J connectivity index is 2.08. The Morgan fingerprint density at radius 2 is 1.08 bits per heavy atom. The topological polar surface area (TPSA) is 24.9 Å². The van der Waals surface area contributed by atoms with Crippen LogP contribution in [0.2, 0.25) is 0 Å². The molecule has 0 bridgehead atoms. The summed E-state index contributed by atoms with van der Waals surface area (Å²) in [5, 5.41) is 0.711. The van der Waals surface area contributed by atoms with Crippen molar-refractivity contribution in [2.75, 3.05) is 37.1 Å². The standard InChI is InChI=1S/C19H24N2O2S/c1-5-22-17-11-7-15(8-12-17)20(3)19(24)21(4)16-9-13-18(14-10-16)23-6-2/h7-14H,5-6H2,1-4H3. The van der Waals surface area contributed by atoms with Gasteiger partial charge in [0.25, 0.3) is 0 Å². The van der Waals surface area contributed by atoms with E-state index in [1.807, 2.05) is 86.3 Å². The van der Waals surface area contributed by atoms with Crippen LogP contribution in [0.15, 0.2) is 48.5 Å². The minimum absolute atomic E-state index is 0.661. The van der Waals surface area contributed by atoms with Crippen LogP contribution in [-0.2, 0) is 0 Å². The van der Waals surface area contributed by atoms with Crippen molar-refractivity contribution in [3.63, 3.8) is 0 Å². The maximum Gasteiger partial charge on any atom is 0.180 e. The number of thiocarbonyl (C=S) groups is 1. The summed E-state index contributed by atoms with van der Waals surface area (Å²) in [6.07, 6.45) is 0. The van der Waals surface area contributed by atoms with Crippen molar-refractivity contribution in [3.05, 3.63) is 48.5 Å². The molecule has 24 heavy (non-hydrogen) atoms. The fraction of sp³-hybridized carbons (Fsp3) is 0.316. The Bertz CT molecular complexity index is 599. The molecule has 0 heterocycles. The van der Waals surface area contributed by atoms with Gasteiger partial charge in [-0.3, -0.25) is 0 Å². The molecule has 0 aliphatic carbocycles. The van der Waals surface area contributed by atoms with Crippen LogP contribution in [0.25, 0.3) is 0 Å². The van der Waals surface area contributed by atoms with Gasteiger partial charge in [0.2, 0.25) is 0 Å². The zero-order valence-electron chi connectivity index (χ0n) is 14.7. The fourth-order valence-corrected chi connectivity index (χ4v) is 2.52. The molecule has 0 radical (unpaired) electrons. The molecule has 0 aliphatic rings. The van der Waals surface area contributed by atoms with E-state index in [0.717, 1.165) is 22.9 Å². The van der Waals surface area contributed by atoms with Crippen molar-refractivity contribution in [2.45, 2.75) is 13.8 Å². The van der Waals surface area contributed by atoms with Crippen molar-refractivity contribution in [1.29, 1.82) is 0 Å². The maximum atomic E-state index is 5.62. The molecule has 0 atom stereocenters. The van der Waals surface area contributed by atoms with Crippen LogP contribution in [0.1, 0.15) is 13.8 Å². The molecule has 0 fully saturated rings. The van der Waals surface area contributed by atoms with Gasteiger partial charge in [0.15, 0.2) is 5.11 Å². The Kier molecular flexibility index (Phi) is 6.44. The van der Waals surface area contributed by atoms with Gasteiger partial charge in [-0.15, -0.1) is 0 Å². The average molecular weight is 344 g/mol. The third-order valence-corrected chi connectivity index (χ3v) is 4.19. The lowest BCUT2D eigenvalue weighted by molar-refractivity contribution is 0.340. The quantitative estimate of drug-likeness (QED) is 0.726. The highest BCUT2D eigenvalue weighted by Gasteiger charge is 2.13. The van der Waals surface area contributed by atoms with Gasteiger partial charge in [-0.1, -0.05) is 0 Å². The number of nitrogens with zero attached hydrogens (tertiary/aromatic N) is 2. The lowest BCUT2D eigenvalue weighted by Crippen LogP contribution is -2.38. The van der Waals surface area contributed by atoms with Gasteiger partial charge in [-0.05, 0) is 74.6 Å². The zero-order valence-corrected chi connectivity index (χ0v) is 15.5. The molecule has 0 spiro atoms. The van der Waals surface area contributed by atoms with Crippen molar-refractivity contribution < 1.29 is 9.47 Å². The first kappa shape index (κ1) is 18.1. The Morgan fingerprint density at radius 3 is 1.38 bits per heavy atom. The van der Waals surface area contributed by atoms with Crippen LogP contribution in [0.4, 0.5) is 11.4 Å². The number of rotatable bonds is 6. The van der Waals surface area contributed by atoms with Gasteiger partial charge >= 0.3 is 0 Å². The first-order valence-electron chi connectivity index (χ1n) is 8.04. The highest BCUT2D eigenvalue weighted by Crippen LogP contribution is 2.23. The Morgan fingerprint density at radius 1 is 0.750 bits per heavy atom. The summed E-state index contributed by atoms with van der Waals surface area (Å²) in [5.41, 5.74) is 2.03. The van der Waals surface area contributed by atoms with E-state index in [1.165, 1.54) is 0 Å². The minimum Gasteiger partial charge on any atom is -0.494 e. The molecule has 0 saturated heterocycles. The summed E-state index contributed by atoms with van der Waals surface area (Å²) in [4.78, 5) is 3.95. The molecule has 0 N–H and O–H groups in total. The van der Waals surface area contributed by atoms with E-state index >= 15 is 0 Å². The second kappa shape index (κ2) is 8.55. The highest BCUT2D eigenvalue weighted by atomic mass is 32.1. The van der Waals surface area contributed by atoms with Crippen LogP contribution < -0.4 is 19.3 Å². The molecule has 0 unspecified atom stereocenters. The second-order valence-electron chi connectivity index (χ2n) is 5.25. The van der Waals surface area contributed by atoms with Gasteiger partial charge in [0.05, 0.1) is 13.2 Å². The number of hydrogen-bond donors (Lipinski definition) is 0. The van der Waals surface area contributed by atoms with Crippen LogP contribution in [0.5, 0.6) is 11.5 Å². The van der Waals surface area contributed by atoms with Crippen molar-refractivity contribution >= 4 is 28.7 Å². The molecule has 0 aliphatic heterocycles. The number of anilines is 2. The normalized spacial score (nSPS) is 10.2. The number of hydrogen-bond acceptors (Lipinski definition) is 3. The third kappa shape index (κ3) is 4.38. The summed E-state index contributed by atoms with van der Waals surface area (Å²) in [5.74, 6) is 1.72. The third-order valence-electron chi connectivity index (χ3n) is 3.64. The van der Waals surface area contributed by atoms with Gasteiger partial charge in [0.1, 0.15) is 11.5 Å². The van der Waals surface area contributed by atoms with E-state index < -0.39 is 0 Å². The molecule has 2 rings (SSSR count). The van der Waals surface area contributed by atoms with Gasteiger partial charge in [-0.2, -0.15) is 0 Å². The van der Waals surface area contributed by atoms with Gasteiger partial charge < -0.3 is 19.3 Å². The summed E-state index contributed by atoms with van der Waals surface area (Å²) >= 11 is 5.62. The lowest BCUT2D eigenvalue weighted by atomic mass is 10.2. The van der Waals surface area contributed by atoms with Crippen LogP contribution in [0.3, 0.4) is 0 Å². The number of benzene rings is 2. The van der Waals surface area contributed by atoms with E-state index in [2.05, 4.69) is 0 Å². The monoisotopic (exact) mass is 344 g/mol. The van der Waals surface area contributed by atoms with E-state index in [9.17, 15) is 0 Å². The largest absolute Gasteiger partial charge is 0.494 e. The molecule has 0 aromatic heterocycles. The van der Waals surface area contributed by atoms with Crippen LogP contribution in [-0.4, -0.2) is 32.4 Å². The molecular formula is C19H24N2O2S. The molecule has 128 valence electrons. The highest BCUT2D eigenvalue weighted by molar-refractivity contribution is 7.80. The van der Waals surface area contributed by atoms with E-state index in [1.54, 1.807) is 0 Å². The molecule has 0 saturated carbocycles. The first-order chi connectivity index (χ1) is 11.6. The molecule has 4 nitrogen and oxygen atoms in total. The predicted octanol–water partition coefficient (Wildman–Crippen LogP) is 4.34. The Labute approximate surface area is 149 Å². The predicted molar refractivity (Wildman–Crippen MR) is 105 cm³/mol. The average Bonchev–Trinajstić information content (AvgIpc) is 2.62. The van der Waals surface area contributed by atoms with Crippen LogP contribution >= 0.6 is 12.2 Å². The van der Waals surface area contributed by atoms with Crippen LogP contribution in [0, 0.1) is 0 Å². The van der Waals surface area contributed by atoms with Crippen molar-refractivity contribution in [2.24, 2.45) is 0 Å². The zero-order chi connectivity index (χ0) is 17.5. The molecule has 2 aromatic carbocycles. The number of ether oxygens (including phenoxy) is 2. The van der Waals surface area contributed by atoms with Gasteiger partial charge in [0, 0.05) is 25.5 Å². The van der Waals surface area contributed by atoms with Crippen molar-refractivity contribution in [3.8, 4) is 11.5 Å². The Hall–Kier alpha value is -2.27. The van der Waals surface area contributed by atoms with E-state index in [4.69, 9.17) is 21.7 Å². The summed E-state index contributed by atoms with van der Waals surface area (Å²) in [6.45, 7) is 5.27. The SMILES string of the molecule is CCOc1ccc(N(C)C(=S)N(C)c2ccc(OCC)cc2)cc1. The molecule has 2 aromatic rings. The minimum atomic E-state index is 0.661. The lowest BCUT2D eigenvalue weighted by Gasteiger charge is -2.28. The molecular weight excluding hydrogens is 320 g/mol. The summed E-state index contributed by atoms with van der Waals surface area (Å²) < 4.78 is 11.0. The van der Waals surface area contributed by atoms with Gasteiger partial charge in [-0.25, -0.2) is 0 Å².